The van der Waals surface area contributed by atoms with Crippen molar-refractivity contribution in [2.45, 2.75) is 72.0 Å². The standard InChI is InChI=1S/C19H31BN2O2/c1-7-19(6)9-12-22(13-10-19)16-14-15(8-11-21-16)20-23-17(2,3)18(4,5)24-20/h8,11,14H,7,9-10,12-13H2,1-6H3. The number of nitrogens with zero attached hydrogens (tertiary/aromatic N) is 2. The highest BCUT2D eigenvalue weighted by atomic mass is 16.7. The molecule has 2 saturated heterocycles. The minimum Gasteiger partial charge on any atom is -0.399 e. The van der Waals surface area contributed by atoms with Gasteiger partial charge in [0.25, 0.3) is 0 Å². The molecule has 2 aliphatic rings. The Balaban J connectivity index is 1.74. The van der Waals surface area contributed by atoms with Gasteiger partial charge in [-0.25, -0.2) is 4.98 Å². The Bertz CT molecular complexity index is 579. The zero-order valence-electron chi connectivity index (χ0n) is 16.1. The molecule has 0 aromatic carbocycles. The summed E-state index contributed by atoms with van der Waals surface area (Å²) in [5.41, 5.74) is 0.923. The predicted molar refractivity (Wildman–Crippen MR) is 99.8 cm³/mol. The summed E-state index contributed by atoms with van der Waals surface area (Å²) in [4.78, 5) is 6.99. The van der Waals surface area contributed by atoms with Gasteiger partial charge in [-0.2, -0.15) is 0 Å². The number of aromatic nitrogens is 1. The first-order chi connectivity index (χ1) is 11.2. The molecule has 2 fully saturated rings. The van der Waals surface area contributed by atoms with Crippen LogP contribution in [0.5, 0.6) is 0 Å². The fourth-order valence-corrected chi connectivity index (χ4v) is 3.36. The quantitative estimate of drug-likeness (QED) is 0.796. The summed E-state index contributed by atoms with van der Waals surface area (Å²) in [6, 6.07) is 4.14. The molecule has 0 amide bonds. The van der Waals surface area contributed by atoms with Crippen LogP contribution in [0.4, 0.5) is 5.82 Å². The van der Waals surface area contributed by atoms with Crippen LogP contribution in [0, 0.1) is 5.41 Å². The van der Waals surface area contributed by atoms with E-state index in [-0.39, 0.29) is 18.3 Å². The Labute approximate surface area is 147 Å². The third kappa shape index (κ3) is 3.21. The maximum atomic E-state index is 6.17. The second kappa shape index (κ2) is 6.03. The molecule has 5 heteroatoms. The van der Waals surface area contributed by atoms with Gasteiger partial charge in [0.15, 0.2) is 0 Å². The van der Waals surface area contributed by atoms with E-state index in [1.54, 1.807) is 0 Å². The molecule has 0 saturated carbocycles. The van der Waals surface area contributed by atoms with Crippen molar-refractivity contribution in [3.05, 3.63) is 18.3 Å². The van der Waals surface area contributed by atoms with E-state index < -0.39 is 0 Å². The summed E-state index contributed by atoms with van der Waals surface area (Å²) in [7, 11) is -0.317. The minimum atomic E-state index is -0.317. The number of piperidine rings is 1. The average molecular weight is 330 g/mol. The fourth-order valence-electron chi connectivity index (χ4n) is 3.36. The number of pyridine rings is 1. The van der Waals surface area contributed by atoms with Crippen LogP contribution in [0.25, 0.3) is 0 Å². The van der Waals surface area contributed by atoms with Crippen molar-refractivity contribution in [3.63, 3.8) is 0 Å². The molecule has 2 aliphatic heterocycles. The molecule has 0 radical (unpaired) electrons. The average Bonchev–Trinajstić information content (AvgIpc) is 2.76. The SMILES string of the molecule is CCC1(C)CCN(c2cc(B3OC(C)(C)C(C)(C)O3)ccn2)CC1. The molecule has 3 heterocycles. The van der Waals surface area contributed by atoms with Crippen molar-refractivity contribution in [1.82, 2.24) is 4.98 Å². The van der Waals surface area contributed by atoms with Gasteiger partial charge in [-0.1, -0.05) is 20.3 Å². The van der Waals surface area contributed by atoms with E-state index in [0.29, 0.717) is 5.41 Å². The third-order valence-corrected chi connectivity index (χ3v) is 6.44. The topological polar surface area (TPSA) is 34.6 Å². The lowest BCUT2D eigenvalue weighted by Crippen LogP contribution is -2.41. The number of anilines is 1. The second-order valence-electron chi connectivity index (χ2n) is 8.69. The molecular weight excluding hydrogens is 299 g/mol. The first-order valence-electron chi connectivity index (χ1n) is 9.22. The first kappa shape index (κ1) is 17.7. The summed E-state index contributed by atoms with van der Waals surface area (Å²) >= 11 is 0. The molecule has 0 unspecified atom stereocenters. The Morgan fingerprint density at radius 3 is 2.21 bits per heavy atom. The molecule has 0 bridgehead atoms. The molecular formula is C19H31BN2O2. The molecule has 24 heavy (non-hydrogen) atoms. The Morgan fingerprint density at radius 1 is 1.08 bits per heavy atom. The van der Waals surface area contributed by atoms with Crippen LogP contribution in [0.3, 0.4) is 0 Å². The van der Waals surface area contributed by atoms with E-state index >= 15 is 0 Å². The first-order valence-corrected chi connectivity index (χ1v) is 9.22. The number of rotatable bonds is 3. The lowest BCUT2D eigenvalue weighted by Gasteiger charge is -2.39. The summed E-state index contributed by atoms with van der Waals surface area (Å²) in [5, 5.41) is 0. The van der Waals surface area contributed by atoms with Crippen LogP contribution in [0.1, 0.15) is 60.8 Å². The van der Waals surface area contributed by atoms with E-state index in [1.807, 2.05) is 12.3 Å². The maximum Gasteiger partial charge on any atom is 0.495 e. The zero-order chi connectivity index (χ0) is 17.6. The van der Waals surface area contributed by atoms with Crippen molar-refractivity contribution in [2.24, 2.45) is 5.41 Å². The Kier molecular flexibility index (Phi) is 4.46. The van der Waals surface area contributed by atoms with Gasteiger partial charge in [0.2, 0.25) is 0 Å². The lowest BCUT2D eigenvalue weighted by atomic mass is 9.78. The van der Waals surface area contributed by atoms with E-state index in [9.17, 15) is 0 Å². The van der Waals surface area contributed by atoms with Gasteiger partial charge in [0, 0.05) is 19.3 Å². The molecule has 0 N–H and O–H groups in total. The summed E-state index contributed by atoms with van der Waals surface area (Å²) in [5.74, 6) is 1.04. The van der Waals surface area contributed by atoms with Crippen molar-refractivity contribution in [3.8, 4) is 0 Å². The van der Waals surface area contributed by atoms with Gasteiger partial charge in [-0.05, 0) is 63.5 Å². The van der Waals surface area contributed by atoms with Gasteiger partial charge < -0.3 is 14.2 Å². The van der Waals surface area contributed by atoms with Gasteiger partial charge in [-0.3, -0.25) is 0 Å². The van der Waals surface area contributed by atoms with Crippen LogP contribution in [0.15, 0.2) is 18.3 Å². The van der Waals surface area contributed by atoms with Crippen molar-refractivity contribution >= 4 is 18.4 Å². The summed E-state index contributed by atoms with van der Waals surface area (Å²) in [6.07, 6.45) is 5.59. The van der Waals surface area contributed by atoms with E-state index in [1.165, 1.54) is 19.3 Å². The highest BCUT2D eigenvalue weighted by Crippen LogP contribution is 2.37. The van der Waals surface area contributed by atoms with E-state index in [4.69, 9.17) is 9.31 Å². The summed E-state index contributed by atoms with van der Waals surface area (Å²) < 4.78 is 12.3. The molecule has 132 valence electrons. The Morgan fingerprint density at radius 2 is 1.67 bits per heavy atom. The molecule has 0 atom stereocenters. The lowest BCUT2D eigenvalue weighted by molar-refractivity contribution is 0.00578. The van der Waals surface area contributed by atoms with Crippen LogP contribution in [-0.2, 0) is 9.31 Å². The van der Waals surface area contributed by atoms with E-state index in [2.05, 4.69) is 57.5 Å². The highest BCUT2D eigenvalue weighted by molar-refractivity contribution is 6.62. The molecule has 0 spiro atoms. The molecule has 3 rings (SSSR count). The van der Waals surface area contributed by atoms with Crippen molar-refractivity contribution in [2.75, 3.05) is 18.0 Å². The predicted octanol–water partition coefficient (Wildman–Crippen LogP) is 3.40. The largest absolute Gasteiger partial charge is 0.495 e. The van der Waals surface area contributed by atoms with Gasteiger partial charge in [-0.15, -0.1) is 0 Å². The number of hydrogen-bond acceptors (Lipinski definition) is 4. The van der Waals surface area contributed by atoms with Crippen molar-refractivity contribution in [1.29, 1.82) is 0 Å². The molecule has 4 nitrogen and oxygen atoms in total. The zero-order valence-corrected chi connectivity index (χ0v) is 16.1. The maximum absolute atomic E-state index is 6.17. The third-order valence-electron chi connectivity index (χ3n) is 6.44. The van der Waals surface area contributed by atoms with E-state index in [0.717, 1.165) is 24.4 Å². The molecule has 1 aromatic heterocycles. The van der Waals surface area contributed by atoms with Crippen LogP contribution in [0.2, 0.25) is 0 Å². The highest BCUT2D eigenvalue weighted by Gasteiger charge is 2.51. The van der Waals surface area contributed by atoms with Gasteiger partial charge in [0.1, 0.15) is 5.82 Å². The fraction of sp³-hybridized carbons (Fsp3) is 0.737. The van der Waals surface area contributed by atoms with Crippen LogP contribution in [-0.4, -0.2) is 36.4 Å². The van der Waals surface area contributed by atoms with Crippen LogP contribution < -0.4 is 10.4 Å². The molecule has 0 aliphatic carbocycles. The minimum absolute atomic E-state index is 0.310. The van der Waals surface area contributed by atoms with Gasteiger partial charge in [0.05, 0.1) is 11.2 Å². The van der Waals surface area contributed by atoms with Crippen molar-refractivity contribution < 1.29 is 9.31 Å². The monoisotopic (exact) mass is 330 g/mol. The Hall–Kier alpha value is -1.07. The van der Waals surface area contributed by atoms with Gasteiger partial charge >= 0.3 is 7.12 Å². The normalized spacial score (nSPS) is 25.1. The van der Waals surface area contributed by atoms with Crippen LogP contribution >= 0.6 is 0 Å². The molecule has 1 aromatic rings. The summed E-state index contributed by atoms with van der Waals surface area (Å²) in [6.45, 7) is 15.2. The number of hydrogen-bond donors (Lipinski definition) is 0. The second-order valence-corrected chi connectivity index (χ2v) is 8.69. The smallest absolute Gasteiger partial charge is 0.399 e.